The molecule has 1 fully saturated rings. The molecular weight excluding hydrogens is 150 g/mol. The molecule has 1 aliphatic rings. The second kappa shape index (κ2) is 2.77. The fourth-order valence-corrected chi connectivity index (χ4v) is 1.64. The van der Waals surface area contributed by atoms with Gasteiger partial charge in [0.1, 0.15) is 5.76 Å². The van der Waals surface area contributed by atoms with Crippen LogP contribution in [0, 0.1) is 0 Å². The van der Waals surface area contributed by atoms with Crippen molar-refractivity contribution in [2.24, 2.45) is 0 Å². The summed E-state index contributed by atoms with van der Waals surface area (Å²) < 4.78 is 5.36. The first-order valence-electron chi connectivity index (χ1n) is 4.45. The summed E-state index contributed by atoms with van der Waals surface area (Å²) in [6.45, 7) is 13.3. The molecule has 1 atom stereocenters. The predicted octanol–water partition coefficient (Wildman–Crippen LogP) is 2.07. The lowest BCUT2D eigenvalue weighted by Crippen LogP contribution is -2.51. The van der Waals surface area contributed by atoms with Gasteiger partial charge in [-0.1, -0.05) is 6.58 Å². The summed E-state index contributed by atoms with van der Waals surface area (Å²) >= 11 is 0. The molecule has 70 valence electrons. The largest absolute Gasteiger partial charge is 0.497 e. The van der Waals surface area contributed by atoms with E-state index in [1.54, 1.807) is 0 Å². The van der Waals surface area contributed by atoms with Crippen LogP contribution >= 0.6 is 0 Å². The topological polar surface area (TPSA) is 21.3 Å². The summed E-state index contributed by atoms with van der Waals surface area (Å²) in [5.41, 5.74) is 0.0869. The van der Waals surface area contributed by atoms with Gasteiger partial charge in [0.25, 0.3) is 0 Å². The molecule has 1 saturated heterocycles. The highest BCUT2D eigenvalue weighted by Crippen LogP contribution is 2.29. The van der Waals surface area contributed by atoms with Crippen molar-refractivity contribution < 1.29 is 4.74 Å². The molecule has 0 saturated carbocycles. The van der Waals surface area contributed by atoms with Crippen LogP contribution in [0.25, 0.3) is 0 Å². The second-order valence-corrected chi connectivity index (χ2v) is 4.73. The molecule has 0 bridgehead atoms. The van der Waals surface area contributed by atoms with Crippen LogP contribution in [0.5, 0.6) is 0 Å². The summed E-state index contributed by atoms with van der Waals surface area (Å²) in [6, 6.07) is 0. The quantitative estimate of drug-likeness (QED) is 0.649. The van der Waals surface area contributed by atoms with E-state index in [1.165, 1.54) is 0 Å². The van der Waals surface area contributed by atoms with Gasteiger partial charge in [-0.15, -0.1) is 0 Å². The third kappa shape index (κ3) is 2.01. The van der Waals surface area contributed by atoms with Crippen molar-refractivity contribution in [2.45, 2.75) is 45.2 Å². The van der Waals surface area contributed by atoms with Crippen LogP contribution in [0.3, 0.4) is 0 Å². The predicted molar refractivity (Wildman–Crippen MR) is 51.0 cm³/mol. The Morgan fingerprint density at radius 1 is 1.50 bits per heavy atom. The Morgan fingerprint density at radius 3 is 2.42 bits per heavy atom. The highest BCUT2D eigenvalue weighted by atomic mass is 16.5. The Bertz CT molecular complexity index is 193. The molecule has 1 unspecified atom stereocenters. The van der Waals surface area contributed by atoms with E-state index in [1.807, 2.05) is 0 Å². The van der Waals surface area contributed by atoms with Crippen molar-refractivity contribution in [3.8, 4) is 0 Å². The van der Waals surface area contributed by atoms with Crippen molar-refractivity contribution >= 4 is 0 Å². The molecule has 0 radical (unpaired) electrons. The maximum Gasteiger partial charge on any atom is 0.109 e. The standard InChI is InChI=1S/C10H19NO/c1-8-10(5,6-7-12-8)11-9(2,3)4/h11H,1,6-7H2,2-5H3. The summed E-state index contributed by atoms with van der Waals surface area (Å²) in [7, 11) is 0. The van der Waals surface area contributed by atoms with E-state index < -0.39 is 0 Å². The first-order chi connectivity index (χ1) is 5.33. The Morgan fingerprint density at radius 2 is 2.08 bits per heavy atom. The van der Waals surface area contributed by atoms with E-state index in [0.29, 0.717) is 0 Å². The Hall–Kier alpha value is -0.500. The molecule has 1 aliphatic heterocycles. The van der Waals surface area contributed by atoms with Crippen LogP contribution in [-0.4, -0.2) is 17.7 Å². The Labute approximate surface area is 75.0 Å². The van der Waals surface area contributed by atoms with Crippen molar-refractivity contribution in [1.29, 1.82) is 0 Å². The second-order valence-electron chi connectivity index (χ2n) is 4.73. The SMILES string of the molecule is C=C1OCCC1(C)NC(C)(C)C. The van der Waals surface area contributed by atoms with Gasteiger partial charge in [-0.3, -0.25) is 0 Å². The van der Waals surface area contributed by atoms with Crippen molar-refractivity contribution in [3.63, 3.8) is 0 Å². The van der Waals surface area contributed by atoms with Gasteiger partial charge in [0.2, 0.25) is 0 Å². The van der Waals surface area contributed by atoms with E-state index in [0.717, 1.165) is 18.8 Å². The average molecular weight is 169 g/mol. The van der Waals surface area contributed by atoms with Gasteiger partial charge in [-0.2, -0.15) is 0 Å². The number of nitrogens with one attached hydrogen (secondary N) is 1. The van der Waals surface area contributed by atoms with Crippen LogP contribution in [0.4, 0.5) is 0 Å². The third-order valence-corrected chi connectivity index (χ3v) is 2.14. The fraction of sp³-hybridized carbons (Fsp3) is 0.800. The van der Waals surface area contributed by atoms with E-state index >= 15 is 0 Å². The normalized spacial score (nSPS) is 30.5. The molecule has 0 aliphatic carbocycles. The van der Waals surface area contributed by atoms with Crippen molar-refractivity contribution in [3.05, 3.63) is 12.3 Å². The molecule has 2 heteroatoms. The fourth-order valence-electron chi connectivity index (χ4n) is 1.64. The molecule has 1 heterocycles. The van der Waals surface area contributed by atoms with Gasteiger partial charge in [0, 0.05) is 12.0 Å². The Balaban J connectivity index is 2.66. The summed E-state index contributed by atoms with van der Waals surface area (Å²) in [4.78, 5) is 0. The maximum atomic E-state index is 5.36. The van der Waals surface area contributed by atoms with Crippen molar-refractivity contribution in [2.75, 3.05) is 6.61 Å². The van der Waals surface area contributed by atoms with E-state index in [9.17, 15) is 0 Å². The smallest absolute Gasteiger partial charge is 0.109 e. The van der Waals surface area contributed by atoms with Crippen molar-refractivity contribution in [1.82, 2.24) is 5.32 Å². The first kappa shape index (κ1) is 9.59. The lowest BCUT2D eigenvalue weighted by atomic mass is 9.94. The minimum absolute atomic E-state index is 0.0295. The molecule has 0 aromatic carbocycles. The molecule has 1 N–H and O–H groups in total. The zero-order chi connectivity index (χ0) is 9.41. The van der Waals surface area contributed by atoms with Gasteiger partial charge < -0.3 is 10.1 Å². The van der Waals surface area contributed by atoms with Gasteiger partial charge in [-0.25, -0.2) is 0 Å². The molecular formula is C10H19NO. The molecule has 1 rings (SSSR count). The highest BCUT2D eigenvalue weighted by molar-refractivity contribution is 5.13. The lowest BCUT2D eigenvalue weighted by molar-refractivity contribution is 0.240. The van der Waals surface area contributed by atoms with Gasteiger partial charge in [-0.05, 0) is 27.7 Å². The molecule has 0 aromatic rings. The van der Waals surface area contributed by atoms with E-state index in [2.05, 4.69) is 39.6 Å². The molecule has 0 spiro atoms. The molecule has 0 amide bonds. The maximum absolute atomic E-state index is 5.36. The lowest BCUT2D eigenvalue weighted by Gasteiger charge is -2.33. The average Bonchev–Trinajstić information content (AvgIpc) is 2.08. The minimum atomic E-state index is -0.0295. The molecule has 12 heavy (non-hydrogen) atoms. The Kier molecular flexibility index (Phi) is 2.21. The number of hydrogen-bond acceptors (Lipinski definition) is 2. The molecule has 0 aromatic heterocycles. The first-order valence-corrected chi connectivity index (χ1v) is 4.45. The third-order valence-electron chi connectivity index (χ3n) is 2.14. The van der Waals surface area contributed by atoms with Crippen LogP contribution < -0.4 is 5.32 Å². The highest BCUT2D eigenvalue weighted by Gasteiger charge is 2.37. The van der Waals surface area contributed by atoms with Gasteiger partial charge in [0.15, 0.2) is 0 Å². The molecule has 2 nitrogen and oxygen atoms in total. The van der Waals surface area contributed by atoms with E-state index in [4.69, 9.17) is 4.74 Å². The van der Waals surface area contributed by atoms with Crippen LogP contribution in [-0.2, 0) is 4.74 Å². The monoisotopic (exact) mass is 169 g/mol. The zero-order valence-electron chi connectivity index (χ0n) is 8.53. The summed E-state index contributed by atoms with van der Waals surface area (Å²) in [6.07, 6.45) is 1.02. The van der Waals surface area contributed by atoms with Gasteiger partial charge >= 0.3 is 0 Å². The summed E-state index contributed by atoms with van der Waals surface area (Å²) in [5.74, 6) is 0.873. The van der Waals surface area contributed by atoms with Gasteiger partial charge in [0.05, 0.1) is 12.1 Å². The van der Waals surface area contributed by atoms with E-state index in [-0.39, 0.29) is 11.1 Å². The van der Waals surface area contributed by atoms with Crippen LogP contribution in [0.1, 0.15) is 34.1 Å². The zero-order valence-corrected chi connectivity index (χ0v) is 8.53. The van der Waals surface area contributed by atoms with Crippen LogP contribution in [0.2, 0.25) is 0 Å². The number of ether oxygens (including phenoxy) is 1. The minimum Gasteiger partial charge on any atom is -0.497 e. The number of hydrogen-bond donors (Lipinski definition) is 1. The van der Waals surface area contributed by atoms with Crippen LogP contribution in [0.15, 0.2) is 12.3 Å². The number of rotatable bonds is 1. The summed E-state index contributed by atoms with van der Waals surface area (Å²) in [5, 5.41) is 3.52.